The average Bonchev–Trinajstić information content (AvgIpc) is 2.98. The number of esters is 1. The minimum absolute atomic E-state index is 0.361. The van der Waals surface area contributed by atoms with E-state index in [-0.39, 0.29) is 5.97 Å². The molecule has 0 aliphatic rings. The first-order chi connectivity index (χ1) is 9.10. The van der Waals surface area contributed by atoms with Gasteiger partial charge < -0.3 is 9.64 Å². The van der Waals surface area contributed by atoms with Crippen LogP contribution in [0.1, 0.15) is 28.1 Å². The normalized spacial score (nSPS) is 10.5. The van der Waals surface area contributed by atoms with E-state index in [4.69, 9.17) is 4.74 Å². The minimum Gasteiger partial charge on any atom is -0.461 e. The Morgan fingerprint density at radius 3 is 2.79 bits per heavy atom. The summed E-state index contributed by atoms with van der Waals surface area (Å²) in [5.74, 6) is -0.372. The van der Waals surface area contributed by atoms with Gasteiger partial charge in [-0.3, -0.25) is 0 Å². The molecule has 0 N–H and O–H groups in total. The first-order valence-corrected chi connectivity index (χ1v) is 7.61. The van der Waals surface area contributed by atoms with Crippen molar-refractivity contribution in [2.45, 2.75) is 20.4 Å². The Balaban J connectivity index is 2.03. The van der Waals surface area contributed by atoms with Crippen molar-refractivity contribution in [3.63, 3.8) is 0 Å². The van der Waals surface area contributed by atoms with Crippen LogP contribution in [0.5, 0.6) is 0 Å². The van der Waals surface area contributed by atoms with Crippen LogP contribution in [0.25, 0.3) is 0 Å². The summed E-state index contributed by atoms with van der Waals surface area (Å²) >= 11 is 3.06. The zero-order valence-corrected chi connectivity index (χ0v) is 12.7. The van der Waals surface area contributed by atoms with Crippen LogP contribution in [-0.4, -0.2) is 29.6 Å². The number of nitrogens with zero attached hydrogens (tertiary/aromatic N) is 3. The van der Waals surface area contributed by atoms with Gasteiger partial charge in [-0.1, -0.05) is 0 Å². The van der Waals surface area contributed by atoms with E-state index in [0.29, 0.717) is 18.8 Å². The molecule has 0 aliphatic heterocycles. The molecule has 19 heavy (non-hydrogen) atoms. The summed E-state index contributed by atoms with van der Waals surface area (Å²) in [7, 11) is 1.93. The van der Waals surface area contributed by atoms with Crippen LogP contribution < -0.4 is 4.90 Å². The summed E-state index contributed by atoms with van der Waals surface area (Å²) in [4.78, 5) is 22.2. The Kier molecular flexibility index (Phi) is 4.49. The maximum atomic E-state index is 11.5. The predicted octanol–water partition coefficient (Wildman–Crippen LogP) is 2.72. The van der Waals surface area contributed by atoms with Gasteiger partial charge in [0.1, 0.15) is 0 Å². The van der Waals surface area contributed by atoms with E-state index in [1.165, 1.54) is 11.3 Å². The highest BCUT2D eigenvalue weighted by molar-refractivity contribution is 7.13. The third-order valence-corrected chi connectivity index (χ3v) is 4.15. The second kappa shape index (κ2) is 6.12. The van der Waals surface area contributed by atoms with E-state index >= 15 is 0 Å². The molecule has 0 aliphatic carbocycles. The van der Waals surface area contributed by atoms with Gasteiger partial charge in [-0.15, -0.1) is 22.7 Å². The molecule has 0 saturated carbocycles. The van der Waals surface area contributed by atoms with Gasteiger partial charge in [0.05, 0.1) is 23.9 Å². The number of carbonyl (C=O) groups excluding carboxylic acids is 1. The number of aryl methyl sites for hydroxylation is 1. The van der Waals surface area contributed by atoms with Crippen LogP contribution in [0.4, 0.5) is 5.13 Å². The van der Waals surface area contributed by atoms with Crippen molar-refractivity contribution in [3.8, 4) is 0 Å². The Morgan fingerprint density at radius 2 is 2.16 bits per heavy atom. The van der Waals surface area contributed by atoms with Crippen molar-refractivity contribution in [1.82, 2.24) is 9.97 Å². The lowest BCUT2D eigenvalue weighted by molar-refractivity contribution is 0.0520. The van der Waals surface area contributed by atoms with Crippen molar-refractivity contribution in [2.24, 2.45) is 0 Å². The lowest BCUT2D eigenvalue weighted by atomic mass is 10.4. The molecule has 0 atom stereocenters. The Bertz CT molecular complexity index is 565. The van der Waals surface area contributed by atoms with Crippen LogP contribution in [0.3, 0.4) is 0 Å². The third kappa shape index (κ3) is 3.51. The fourth-order valence-electron chi connectivity index (χ4n) is 1.53. The molecule has 0 bridgehead atoms. The molecule has 5 nitrogen and oxygen atoms in total. The van der Waals surface area contributed by atoms with Crippen LogP contribution in [0.15, 0.2) is 10.8 Å². The molecule has 0 radical (unpaired) electrons. The highest BCUT2D eigenvalue weighted by Gasteiger charge is 2.14. The van der Waals surface area contributed by atoms with Crippen LogP contribution in [-0.2, 0) is 11.3 Å². The molecule has 2 rings (SSSR count). The second-order valence-corrected chi connectivity index (χ2v) is 5.85. The average molecular weight is 297 g/mol. The molecule has 0 spiro atoms. The number of carbonyl (C=O) groups is 1. The zero-order valence-electron chi connectivity index (χ0n) is 11.0. The van der Waals surface area contributed by atoms with Crippen molar-refractivity contribution in [2.75, 3.05) is 18.6 Å². The number of aromatic nitrogens is 2. The van der Waals surface area contributed by atoms with Gasteiger partial charge in [0.2, 0.25) is 0 Å². The molecule has 7 heteroatoms. The number of ether oxygens (including phenoxy) is 1. The third-order valence-electron chi connectivity index (χ3n) is 2.37. The number of hydrogen-bond acceptors (Lipinski definition) is 7. The predicted molar refractivity (Wildman–Crippen MR) is 77.0 cm³/mol. The Hall–Kier alpha value is -1.47. The van der Waals surface area contributed by atoms with Gasteiger partial charge in [0.15, 0.2) is 10.8 Å². The lowest BCUT2D eigenvalue weighted by Gasteiger charge is -2.13. The Labute approximate surface area is 119 Å². The molecule has 0 saturated heterocycles. The maximum Gasteiger partial charge on any atom is 0.357 e. The van der Waals surface area contributed by atoms with Crippen LogP contribution >= 0.6 is 22.7 Å². The fraction of sp³-hybridized carbons (Fsp3) is 0.417. The van der Waals surface area contributed by atoms with E-state index in [1.807, 2.05) is 24.3 Å². The highest BCUT2D eigenvalue weighted by Crippen LogP contribution is 2.22. The van der Waals surface area contributed by atoms with E-state index in [2.05, 4.69) is 9.97 Å². The first-order valence-electron chi connectivity index (χ1n) is 5.85. The maximum absolute atomic E-state index is 11.5. The summed E-state index contributed by atoms with van der Waals surface area (Å²) in [6.07, 6.45) is 0. The Morgan fingerprint density at radius 1 is 1.37 bits per heavy atom. The summed E-state index contributed by atoms with van der Waals surface area (Å²) in [5, 5.41) is 5.59. The van der Waals surface area contributed by atoms with E-state index in [9.17, 15) is 4.79 Å². The molecule has 0 fully saturated rings. The molecule has 0 unspecified atom stereocenters. The quantitative estimate of drug-likeness (QED) is 0.794. The van der Waals surface area contributed by atoms with E-state index < -0.39 is 0 Å². The van der Waals surface area contributed by atoms with Gasteiger partial charge in [0.25, 0.3) is 0 Å². The van der Waals surface area contributed by atoms with Gasteiger partial charge in [0, 0.05) is 17.8 Å². The monoisotopic (exact) mass is 297 g/mol. The minimum atomic E-state index is -0.372. The molecule has 0 aromatic carbocycles. The van der Waals surface area contributed by atoms with Crippen molar-refractivity contribution in [3.05, 3.63) is 27.2 Å². The van der Waals surface area contributed by atoms with Gasteiger partial charge in [-0.25, -0.2) is 14.8 Å². The van der Waals surface area contributed by atoms with E-state index in [0.717, 1.165) is 15.8 Å². The molecule has 2 aromatic rings. The SMILES string of the molecule is CCOC(=O)c1csc(N(C)Cc2csc(C)n2)n1. The summed E-state index contributed by atoms with van der Waals surface area (Å²) in [5.41, 5.74) is 1.38. The largest absolute Gasteiger partial charge is 0.461 e. The zero-order chi connectivity index (χ0) is 13.8. The number of thiazole rings is 2. The van der Waals surface area contributed by atoms with Crippen molar-refractivity contribution in [1.29, 1.82) is 0 Å². The lowest BCUT2D eigenvalue weighted by Crippen LogP contribution is -2.16. The fourth-order valence-corrected chi connectivity index (χ4v) is 2.90. The molecule has 0 amide bonds. The van der Waals surface area contributed by atoms with Crippen LogP contribution in [0.2, 0.25) is 0 Å². The number of hydrogen-bond donors (Lipinski definition) is 0. The van der Waals surface area contributed by atoms with Crippen LogP contribution in [0, 0.1) is 6.92 Å². The topological polar surface area (TPSA) is 55.3 Å². The molecule has 2 heterocycles. The smallest absolute Gasteiger partial charge is 0.357 e. The molecular weight excluding hydrogens is 282 g/mol. The van der Waals surface area contributed by atoms with Gasteiger partial charge in [-0.05, 0) is 13.8 Å². The summed E-state index contributed by atoms with van der Waals surface area (Å²) < 4.78 is 4.92. The summed E-state index contributed by atoms with van der Waals surface area (Å²) in [6.45, 7) is 4.80. The van der Waals surface area contributed by atoms with Gasteiger partial charge in [-0.2, -0.15) is 0 Å². The first kappa shape index (κ1) is 14.0. The standard InChI is InChI=1S/C12H15N3O2S2/c1-4-17-11(16)10-7-19-12(14-10)15(3)5-9-6-18-8(2)13-9/h6-7H,4-5H2,1-3H3. The second-order valence-electron chi connectivity index (χ2n) is 3.95. The van der Waals surface area contributed by atoms with Crippen molar-refractivity contribution < 1.29 is 9.53 Å². The van der Waals surface area contributed by atoms with Crippen molar-refractivity contribution >= 4 is 33.8 Å². The molecule has 102 valence electrons. The van der Waals surface area contributed by atoms with E-state index in [1.54, 1.807) is 23.6 Å². The molecule has 2 aromatic heterocycles. The number of anilines is 1. The number of rotatable bonds is 5. The summed E-state index contributed by atoms with van der Waals surface area (Å²) in [6, 6.07) is 0. The highest BCUT2D eigenvalue weighted by atomic mass is 32.1. The van der Waals surface area contributed by atoms with Gasteiger partial charge >= 0.3 is 5.97 Å². The molecular formula is C12H15N3O2S2.